The zero-order valence-electron chi connectivity index (χ0n) is 10.9. The average Bonchev–Trinajstić information content (AvgIpc) is 2.66. The molecule has 1 amide bonds. The molecule has 6 heteroatoms. The summed E-state index contributed by atoms with van der Waals surface area (Å²) in [6, 6.07) is 2.00. The van der Waals surface area contributed by atoms with E-state index in [1.807, 2.05) is 23.8 Å². The van der Waals surface area contributed by atoms with E-state index >= 15 is 0 Å². The van der Waals surface area contributed by atoms with E-state index in [1.54, 1.807) is 0 Å². The summed E-state index contributed by atoms with van der Waals surface area (Å²) in [6.45, 7) is 2.67. The van der Waals surface area contributed by atoms with Gasteiger partial charge in [-0.25, -0.2) is 9.97 Å². The van der Waals surface area contributed by atoms with E-state index in [0.717, 1.165) is 22.6 Å². The highest BCUT2D eigenvalue weighted by molar-refractivity contribution is 6.17. The Morgan fingerprint density at radius 1 is 1.53 bits per heavy atom. The average molecular weight is 281 g/mol. The summed E-state index contributed by atoms with van der Waals surface area (Å²) >= 11 is 5.80. The number of primary amides is 1. The van der Waals surface area contributed by atoms with Gasteiger partial charge in [0.25, 0.3) is 0 Å². The van der Waals surface area contributed by atoms with Gasteiger partial charge in [-0.1, -0.05) is 0 Å². The fourth-order valence-electron chi connectivity index (χ4n) is 2.08. The van der Waals surface area contributed by atoms with E-state index < -0.39 is 0 Å². The number of alkyl halides is 1. The summed E-state index contributed by atoms with van der Waals surface area (Å²) in [6.07, 6.45) is 3.56. The zero-order valence-corrected chi connectivity index (χ0v) is 11.7. The van der Waals surface area contributed by atoms with E-state index in [9.17, 15) is 4.79 Å². The van der Waals surface area contributed by atoms with E-state index in [0.29, 0.717) is 31.7 Å². The molecule has 0 saturated heterocycles. The fourth-order valence-corrected chi connectivity index (χ4v) is 2.25. The molecule has 0 aliphatic heterocycles. The van der Waals surface area contributed by atoms with Crippen molar-refractivity contribution >= 4 is 28.7 Å². The molecule has 2 N–H and O–H groups in total. The van der Waals surface area contributed by atoms with Gasteiger partial charge in [-0.15, -0.1) is 11.6 Å². The summed E-state index contributed by atoms with van der Waals surface area (Å²) in [7, 11) is 0. The van der Waals surface area contributed by atoms with Crippen molar-refractivity contribution in [3.8, 4) is 0 Å². The molecule has 0 aromatic carbocycles. The first kappa shape index (κ1) is 13.8. The second kappa shape index (κ2) is 6.02. The van der Waals surface area contributed by atoms with Crippen molar-refractivity contribution in [1.29, 1.82) is 0 Å². The lowest BCUT2D eigenvalue weighted by Gasteiger charge is -2.06. The molecule has 2 aromatic rings. The van der Waals surface area contributed by atoms with Crippen LogP contribution in [0.5, 0.6) is 0 Å². The highest BCUT2D eigenvalue weighted by Gasteiger charge is 2.11. The summed E-state index contributed by atoms with van der Waals surface area (Å²) in [5.74, 6) is 1.14. The second-order valence-electron chi connectivity index (χ2n) is 4.54. The number of rotatable bonds is 6. The number of aryl methyl sites for hydroxylation is 3. The molecule has 0 saturated carbocycles. The van der Waals surface area contributed by atoms with Crippen LogP contribution in [0.3, 0.4) is 0 Å². The highest BCUT2D eigenvalue weighted by Crippen LogP contribution is 2.17. The van der Waals surface area contributed by atoms with Crippen molar-refractivity contribution in [3.05, 3.63) is 23.7 Å². The number of amides is 1. The van der Waals surface area contributed by atoms with Gasteiger partial charge in [0.05, 0.1) is 0 Å². The fraction of sp³-hybridized carbons (Fsp3) is 0.462. The van der Waals surface area contributed by atoms with Gasteiger partial charge < -0.3 is 10.3 Å². The summed E-state index contributed by atoms with van der Waals surface area (Å²) < 4.78 is 2.03. The van der Waals surface area contributed by atoms with Crippen molar-refractivity contribution in [3.63, 3.8) is 0 Å². The van der Waals surface area contributed by atoms with Crippen molar-refractivity contribution in [2.24, 2.45) is 5.73 Å². The number of carbonyl (C=O) groups is 1. The Labute approximate surface area is 116 Å². The molecule has 0 fully saturated rings. The van der Waals surface area contributed by atoms with Crippen LogP contribution in [-0.4, -0.2) is 26.3 Å². The van der Waals surface area contributed by atoms with Gasteiger partial charge in [0.2, 0.25) is 5.91 Å². The Bertz CT molecular complexity index is 594. The molecule has 0 aliphatic carbocycles. The van der Waals surface area contributed by atoms with Crippen LogP contribution in [0.15, 0.2) is 12.3 Å². The van der Waals surface area contributed by atoms with Crippen molar-refractivity contribution in [1.82, 2.24) is 14.5 Å². The molecular formula is C13H17ClN4O. The van der Waals surface area contributed by atoms with Crippen LogP contribution in [0.1, 0.15) is 24.2 Å². The zero-order chi connectivity index (χ0) is 13.8. The molecule has 0 unspecified atom stereocenters. The maximum atomic E-state index is 10.8. The Balaban J connectivity index is 2.31. The Morgan fingerprint density at radius 2 is 2.32 bits per heavy atom. The van der Waals surface area contributed by atoms with Crippen molar-refractivity contribution in [2.45, 2.75) is 32.7 Å². The van der Waals surface area contributed by atoms with Gasteiger partial charge in [-0.05, 0) is 25.0 Å². The molecule has 0 spiro atoms. The number of imidazole rings is 1. The predicted molar refractivity (Wildman–Crippen MR) is 75.1 cm³/mol. The number of carbonyl (C=O) groups excluding carboxylic acids is 1. The normalized spacial score (nSPS) is 11.1. The van der Waals surface area contributed by atoms with Gasteiger partial charge >= 0.3 is 0 Å². The molecule has 0 atom stereocenters. The van der Waals surface area contributed by atoms with Gasteiger partial charge in [-0.3, -0.25) is 4.79 Å². The minimum atomic E-state index is -0.285. The lowest BCUT2D eigenvalue weighted by molar-refractivity contribution is -0.118. The number of fused-ring (bicyclic) bond motifs is 1. The number of nitrogens with two attached hydrogens (primary N) is 1. The topological polar surface area (TPSA) is 73.8 Å². The van der Waals surface area contributed by atoms with Crippen LogP contribution in [0, 0.1) is 6.92 Å². The third-order valence-corrected chi connectivity index (χ3v) is 3.11. The maximum Gasteiger partial charge on any atom is 0.217 e. The van der Waals surface area contributed by atoms with Crippen molar-refractivity contribution < 1.29 is 4.79 Å². The third-order valence-electron chi connectivity index (χ3n) is 2.92. The highest BCUT2D eigenvalue weighted by atomic mass is 35.5. The number of hydrogen-bond acceptors (Lipinski definition) is 3. The summed E-state index contributed by atoms with van der Waals surface area (Å²) in [4.78, 5) is 19.8. The molecule has 19 heavy (non-hydrogen) atoms. The van der Waals surface area contributed by atoms with Crippen LogP contribution in [0.2, 0.25) is 0 Å². The van der Waals surface area contributed by atoms with Gasteiger partial charge in [-0.2, -0.15) is 0 Å². The Kier molecular flexibility index (Phi) is 4.37. The van der Waals surface area contributed by atoms with Crippen LogP contribution >= 0.6 is 11.6 Å². The molecule has 0 bridgehead atoms. The molecule has 0 aliphatic rings. The number of aromatic nitrogens is 3. The first-order valence-electron chi connectivity index (χ1n) is 6.28. The Morgan fingerprint density at radius 3 is 3.00 bits per heavy atom. The molecule has 5 nitrogen and oxygen atoms in total. The van der Waals surface area contributed by atoms with E-state index in [2.05, 4.69) is 9.97 Å². The minimum Gasteiger partial charge on any atom is -0.370 e. The smallest absolute Gasteiger partial charge is 0.217 e. The van der Waals surface area contributed by atoms with E-state index in [4.69, 9.17) is 17.3 Å². The Hall–Kier alpha value is -1.62. The molecule has 2 rings (SSSR count). The first-order chi connectivity index (χ1) is 9.11. The summed E-state index contributed by atoms with van der Waals surface area (Å²) in [5, 5.41) is 0. The van der Waals surface area contributed by atoms with Crippen LogP contribution < -0.4 is 5.73 Å². The number of hydrogen-bond donors (Lipinski definition) is 1. The quantitative estimate of drug-likeness (QED) is 0.820. The predicted octanol–water partition coefficient (Wildman–Crippen LogP) is 1.79. The molecular weight excluding hydrogens is 264 g/mol. The SMILES string of the molecule is Cc1cnc2c(c1)nc(CCCl)n2CCCC(N)=O. The molecule has 0 radical (unpaired) electrons. The van der Waals surface area contributed by atoms with Crippen LogP contribution in [-0.2, 0) is 17.8 Å². The second-order valence-corrected chi connectivity index (χ2v) is 4.92. The van der Waals surface area contributed by atoms with Crippen LogP contribution in [0.4, 0.5) is 0 Å². The lowest BCUT2D eigenvalue weighted by Crippen LogP contribution is -2.12. The molecule has 2 aromatic heterocycles. The van der Waals surface area contributed by atoms with Gasteiger partial charge in [0, 0.05) is 31.5 Å². The minimum absolute atomic E-state index is 0.285. The van der Waals surface area contributed by atoms with E-state index in [-0.39, 0.29) is 5.91 Å². The lowest BCUT2D eigenvalue weighted by atomic mass is 10.3. The van der Waals surface area contributed by atoms with Crippen molar-refractivity contribution in [2.75, 3.05) is 5.88 Å². The van der Waals surface area contributed by atoms with E-state index in [1.165, 1.54) is 0 Å². The third kappa shape index (κ3) is 3.23. The molecule has 102 valence electrons. The summed E-state index contributed by atoms with van der Waals surface area (Å²) in [5.41, 5.74) is 7.95. The largest absolute Gasteiger partial charge is 0.370 e. The van der Waals surface area contributed by atoms with Gasteiger partial charge in [0.1, 0.15) is 11.3 Å². The number of nitrogens with zero attached hydrogens (tertiary/aromatic N) is 3. The maximum absolute atomic E-state index is 10.8. The number of pyridine rings is 1. The standard InChI is InChI=1S/C13H17ClN4O/c1-9-7-10-13(16-8-9)18(6-2-3-11(15)19)12(17-10)4-5-14/h7-8H,2-6H2,1H3,(H2,15,19). The monoisotopic (exact) mass is 280 g/mol. The van der Waals surface area contributed by atoms with Crippen LogP contribution in [0.25, 0.3) is 11.2 Å². The number of halogens is 1. The first-order valence-corrected chi connectivity index (χ1v) is 6.81. The van der Waals surface area contributed by atoms with Gasteiger partial charge in [0.15, 0.2) is 5.65 Å². The molecule has 2 heterocycles.